The molecule has 1 amide bonds. The average molecular weight is 404 g/mol. The summed E-state index contributed by atoms with van der Waals surface area (Å²) in [6, 6.07) is 15.6. The first-order chi connectivity index (χ1) is 14.7. The topological polar surface area (TPSA) is 83.5 Å². The van der Waals surface area contributed by atoms with E-state index in [1.807, 2.05) is 6.07 Å². The summed E-state index contributed by atoms with van der Waals surface area (Å²) in [7, 11) is 1.49. The highest BCUT2D eigenvalue weighted by molar-refractivity contribution is 6.05. The molecule has 3 heterocycles. The number of rotatable bonds is 6. The molecule has 2 aromatic heterocycles. The Morgan fingerprint density at radius 3 is 2.60 bits per heavy atom. The first-order valence-electron chi connectivity index (χ1n) is 9.86. The fraction of sp³-hybridized carbons (Fsp3) is 0.273. The van der Waals surface area contributed by atoms with Crippen LogP contribution in [0.1, 0.15) is 15.9 Å². The van der Waals surface area contributed by atoms with Crippen molar-refractivity contribution < 1.29 is 9.53 Å². The number of pyridine rings is 1. The van der Waals surface area contributed by atoms with Gasteiger partial charge in [-0.05, 0) is 17.7 Å². The van der Waals surface area contributed by atoms with Gasteiger partial charge in [-0.2, -0.15) is 0 Å². The van der Waals surface area contributed by atoms with E-state index < -0.39 is 0 Å². The third-order valence-electron chi connectivity index (χ3n) is 5.05. The summed E-state index contributed by atoms with van der Waals surface area (Å²) in [5.41, 5.74) is 1.68. The Hall–Kier alpha value is -3.52. The lowest BCUT2D eigenvalue weighted by molar-refractivity contribution is 0.102. The maximum absolute atomic E-state index is 12.6. The Balaban J connectivity index is 1.37. The fourth-order valence-corrected chi connectivity index (χ4v) is 3.47. The van der Waals surface area contributed by atoms with Gasteiger partial charge in [-0.25, -0.2) is 15.0 Å². The van der Waals surface area contributed by atoms with E-state index in [2.05, 4.69) is 54.3 Å². The van der Waals surface area contributed by atoms with Crippen molar-refractivity contribution in [2.75, 3.05) is 43.5 Å². The maximum atomic E-state index is 12.6. The van der Waals surface area contributed by atoms with Crippen LogP contribution in [0.3, 0.4) is 0 Å². The molecular formula is C22H24N6O2. The van der Waals surface area contributed by atoms with Crippen LogP contribution in [0.4, 0.5) is 11.6 Å². The van der Waals surface area contributed by atoms with Crippen LogP contribution in [0.2, 0.25) is 0 Å². The molecule has 1 aliphatic rings. The Morgan fingerprint density at radius 1 is 1.03 bits per heavy atom. The molecule has 8 nitrogen and oxygen atoms in total. The summed E-state index contributed by atoms with van der Waals surface area (Å²) >= 11 is 0. The van der Waals surface area contributed by atoms with E-state index in [1.165, 1.54) is 19.0 Å². The number of nitrogens with one attached hydrogen (secondary N) is 1. The number of hydrogen-bond acceptors (Lipinski definition) is 7. The second-order valence-electron chi connectivity index (χ2n) is 7.02. The molecule has 30 heavy (non-hydrogen) atoms. The molecule has 1 aliphatic heterocycles. The molecule has 1 N–H and O–H groups in total. The van der Waals surface area contributed by atoms with E-state index in [0.717, 1.165) is 38.5 Å². The Bertz CT molecular complexity index is 990. The second-order valence-corrected chi connectivity index (χ2v) is 7.02. The third-order valence-corrected chi connectivity index (χ3v) is 5.05. The summed E-state index contributed by atoms with van der Waals surface area (Å²) in [4.78, 5) is 29.9. The molecule has 154 valence electrons. The van der Waals surface area contributed by atoms with Gasteiger partial charge in [0.25, 0.3) is 5.91 Å². The highest BCUT2D eigenvalue weighted by Gasteiger charge is 2.19. The van der Waals surface area contributed by atoms with E-state index in [-0.39, 0.29) is 11.8 Å². The fourth-order valence-electron chi connectivity index (χ4n) is 3.47. The van der Waals surface area contributed by atoms with Crippen LogP contribution in [0.15, 0.2) is 61.1 Å². The lowest BCUT2D eigenvalue weighted by atomic mass is 10.2. The number of hydrogen-bond donors (Lipinski definition) is 1. The molecule has 0 aliphatic carbocycles. The lowest BCUT2D eigenvalue weighted by Crippen LogP contribution is -2.46. The normalized spacial score (nSPS) is 14.4. The first-order valence-corrected chi connectivity index (χ1v) is 9.86. The molecular weight excluding hydrogens is 380 g/mol. The largest absolute Gasteiger partial charge is 0.480 e. The minimum atomic E-state index is -0.322. The number of amides is 1. The zero-order chi connectivity index (χ0) is 20.8. The highest BCUT2D eigenvalue weighted by Crippen LogP contribution is 2.19. The molecule has 1 fully saturated rings. The molecule has 4 rings (SSSR count). The molecule has 1 aromatic carbocycles. The van der Waals surface area contributed by atoms with Gasteiger partial charge in [0.1, 0.15) is 23.5 Å². The Labute approximate surface area is 175 Å². The SMILES string of the molecule is COc1ncccc1C(=O)Nc1cc(N2CCN(Cc3ccccc3)CC2)ncn1. The first kappa shape index (κ1) is 19.8. The van der Waals surface area contributed by atoms with Gasteiger partial charge in [0, 0.05) is 45.0 Å². The van der Waals surface area contributed by atoms with Gasteiger partial charge in [-0.1, -0.05) is 30.3 Å². The summed E-state index contributed by atoms with van der Waals surface area (Å²) in [5.74, 6) is 1.21. The van der Waals surface area contributed by atoms with Crippen LogP contribution in [0.5, 0.6) is 5.88 Å². The Kier molecular flexibility index (Phi) is 6.14. The zero-order valence-corrected chi connectivity index (χ0v) is 16.9. The number of carbonyl (C=O) groups is 1. The summed E-state index contributed by atoms with van der Waals surface area (Å²) in [6.07, 6.45) is 3.05. The van der Waals surface area contributed by atoms with E-state index in [4.69, 9.17) is 4.74 Å². The van der Waals surface area contributed by atoms with Gasteiger partial charge < -0.3 is 15.0 Å². The number of piperazine rings is 1. The van der Waals surface area contributed by atoms with E-state index in [9.17, 15) is 4.79 Å². The van der Waals surface area contributed by atoms with Gasteiger partial charge in [0.2, 0.25) is 5.88 Å². The molecule has 0 radical (unpaired) electrons. The van der Waals surface area contributed by atoms with Crippen molar-refractivity contribution in [1.82, 2.24) is 19.9 Å². The van der Waals surface area contributed by atoms with E-state index in [1.54, 1.807) is 24.4 Å². The number of benzene rings is 1. The lowest BCUT2D eigenvalue weighted by Gasteiger charge is -2.35. The molecule has 0 saturated carbocycles. The number of nitrogens with zero attached hydrogens (tertiary/aromatic N) is 5. The summed E-state index contributed by atoms with van der Waals surface area (Å²) in [5, 5.41) is 2.81. The predicted molar refractivity (Wildman–Crippen MR) is 115 cm³/mol. The molecule has 8 heteroatoms. The smallest absolute Gasteiger partial charge is 0.262 e. The monoisotopic (exact) mass is 404 g/mol. The van der Waals surface area contributed by atoms with Crippen LogP contribution in [0.25, 0.3) is 0 Å². The number of methoxy groups -OCH3 is 1. The van der Waals surface area contributed by atoms with Crippen LogP contribution >= 0.6 is 0 Å². The van der Waals surface area contributed by atoms with E-state index in [0.29, 0.717) is 11.4 Å². The van der Waals surface area contributed by atoms with Crippen LogP contribution < -0.4 is 15.0 Å². The minimum absolute atomic E-state index is 0.277. The van der Waals surface area contributed by atoms with Crippen molar-refractivity contribution in [1.29, 1.82) is 0 Å². The molecule has 0 spiro atoms. The van der Waals surface area contributed by atoms with Crippen LogP contribution in [-0.4, -0.2) is 59.0 Å². The van der Waals surface area contributed by atoms with Gasteiger partial charge in [-0.3, -0.25) is 9.69 Å². The standard InChI is InChI=1S/C22H24N6O2/c1-30-22-18(8-5-9-23-22)21(29)26-19-14-20(25-16-24-19)28-12-10-27(11-13-28)15-17-6-3-2-4-7-17/h2-9,14,16H,10-13,15H2,1H3,(H,24,25,26,29). The zero-order valence-electron chi connectivity index (χ0n) is 16.9. The molecule has 3 aromatic rings. The molecule has 1 saturated heterocycles. The summed E-state index contributed by atoms with van der Waals surface area (Å²) < 4.78 is 5.16. The number of ether oxygens (including phenoxy) is 1. The van der Waals surface area contributed by atoms with Gasteiger partial charge in [0.05, 0.1) is 7.11 Å². The van der Waals surface area contributed by atoms with Crippen molar-refractivity contribution >= 4 is 17.5 Å². The maximum Gasteiger partial charge on any atom is 0.262 e. The second kappa shape index (κ2) is 9.32. The van der Waals surface area contributed by atoms with Crippen molar-refractivity contribution in [3.05, 3.63) is 72.2 Å². The van der Waals surface area contributed by atoms with Crippen molar-refractivity contribution in [3.63, 3.8) is 0 Å². The number of carbonyl (C=O) groups excluding carboxylic acids is 1. The molecule has 0 atom stereocenters. The molecule has 0 bridgehead atoms. The van der Waals surface area contributed by atoms with Crippen molar-refractivity contribution in [2.24, 2.45) is 0 Å². The van der Waals surface area contributed by atoms with E-state index >= 15 is 0 Å². The van der Waals surface area contributed by atoms with Gasteiger partial charge in [0.15, 0.2) is 0 Å². The number of aromatic nitrogens is 3. The minimum Gasteiger partial charge on any atom is -0.480 e. The average Bonchev–Trinajstić information content (AvgIpc) is 2.80. The van der Waals surface area contributed by atoms with Crippen molar-refractivity contribution in [3.8, 4) is 5.88 Å². The van der Waals surface area contributed by atoms with Crippen molar-refractivity contribution in [2.45, 2.75) is 6.54 Å². The van der Waals surface area contributed by atoms with Gasteiger partial charge in [-0.15, -0.1) is 0 Å². The predicted octanol–water partition coefficient (Wildman–Crippen LogP) is 2.45. The quantitative estimate of drug-likeness (QED) is 0.676. The van der Waals surface area contributed by atoms with Gasteiger partial charge >= 0.3 is 0 Å². The summed E-state index contributed by atoms with van der Waals surface area (Å²) in [6.45, 7) is 4.59. The van der Waals surface area contributed by atoms with Crippen LogP contribution in [-0.2, 0) is 6.54 Å². The van der Waals surface area contributed by atoms with Crippen LogP contribution in [0, 0.1) is 0 Å². The third kappa shape index (κ3) is 4.72. The molecule has 0 unspecified atom stereocenters. The number of anilines is 2. The highest BCUT2D eigenvalue weighted by atomic mass is 16.5. The Morgan fingerprint density at radius 2 is 1.83 bits per heavy atom.